The second-order valence-corrected chi connectivity index (χ2v) is 5.51. The number of halogens is 1. The van der Waals surface area contributed by atoms with Crippen molar-refractivity contribution < 1.29 is 4.79 Å². The zero-order valence-corrected chi connectivity index (χ0v) is 12.5. The van der Waals surface area contributed by atoms with Gasteiger partial charge in [-0.25, -0.2) is 0 Å². The number of anilines is 1. The van der Waals surface area contributed by atoms with Crippen LogP contribution in [0.1, 0.15) is 38.1 Å². The summed E-state index contributed by atoms with van der Waals surface area (Å²) in [6, 6.07) is 5.82. The number of carbonyl (C=O) groups excluding carboxylic acids is 1. The van der Waals surface area contributed by atoms with E-state index >= 15 is 0 Å². The molecule has 0 radical (unpaired) electrons. The quantitative estimate of drug-likeness (QED) is 0.762. The normalized spacial score (nSPS) is 10.7. The first kappa shape index (κ1) is 14.2. The minimum absolute atomic E-state index is 0.101. The first-order valence-electron chi connectivity index (χ1n) is 6.01. The van der Waals surface area contributed by atoms with Crippen LogP contribution in [-0.2, 0) is 0 Å². The van der Waals surface area contributed by atoms with Gasteiger partial charge in [-0.3, -0.25) is 4.79 Å². The molecule has 0 saturated carbocycles. The predicted octanol–water partition coefficient (Wildman–Crippen LogP) is 4.13. The van der Waals surface area contributed by atoms with E-state index in [2.05, 4.69) is 41.6 Å². The van der Waals surface area contributed by atoms with Crippen LogP contribution in [0.2, 0.25) is 0 Å². The molecule has 1 aromatic carbocycles. The molecule has 0 N–H and O–H groups in total. The molecule has 1 aromatic rings. The highest BCUT2D eigenvalue weighted by atomic mass is 79.9. The molecule has 0 fully saturated rings. The number of nitrogens with zero attached hydrogens (tertiary/aromatic N) is 1. The molecular weight excluding hydrogens is 278 g/mol. The van der Waals surface area contributed by atoms with E-state index in [9.17, 15) is 4.79 Å². The molecule has 0 aromatic heterocycles. The minimum Gasteiger partial charge on any atom is -0.371 e. The fourth-order valence-electron chi connectivity index (χ4n) is 1.82. The third kappa shape index (κ3) is 3.84. The molecule has 0 unspecified atom stereocenters. The number of hydrogen-bond donors (Lipinski definition) is 0. The lowest BCUT2D eigenvalue weighted by molar-refractivity contribution is 0.101. The highest BCUT2D eigenvalue weighted by molar-refractivity contribution is 9.10. The average Bonchev–Trinajstić information content (AvgIpc) is 2.25. The average molecular weight is 298 g/mol. The maximum Gasteiger partial charge on any atom is 0.159 e. The van der Waals surface area contributed by atoms with Gasteiger partial charge in [-0.2, -0.15) is 0 Å². The van der Waals surface area contributed by atoms with Crippen LogP contribution >= 0.6 is 15.9 Å². The van der Waals surface area contributed by atoms with Crippen LogP contribution in [0, 0.1) is 5.92 Å². The Hall–Kier alpha value is -0.830. The number of carbonyl (C=O) groups is 1. The first-order chi connectivity index (χ1) is 7.95. The van der Waals surface area contributed by atoms with Gasteiger partial charge in [0.05, 0.1) is 5.69 Å². The molecule has 17 heavy (non-hydrogen) atoms. The Kier molecular flexibility index (Phi) is 5.19. The lowest BCUT2D eigenvalue weighted by atomic mass is 10.1. The molecular formula is C14H20BrNO. The zero-order chi connectivity index (χ0) is 13.0. The Bertz CT molecular complexity index is 401. The van der Waals surface area contributed by atoms with E-state index in [0.29, 0.717) is 5.92 Å². The Balaban J connectivity index is 3.00. The van der Waals surface area contributed by atoms with E-state index < -0.39 is 0 Å². The second kappa shape index (κ2) is 6.20. The van der Waals surface area contributed by atoms with Crippen LogP contribution < -0.4 is 4.90 Å². The zero-order valence-electron chi connectivity index (χ0n) is 11.0. The van der Waals surface area contributed by atoms with Gasteiger partial charge in [-0.05, 0) is 53.9 Å². The Morgan fingerprint density at radius 1 is 1.41 bits per heavy atom. The molecule has 0 aliphatic heterocycles. The van der Waals surface area contributed by atoms with E-state index in [1.54, 1.807) is 6.92 Å². The molecule has 0 aliphatic rings. The van der Waals surface area contributed by atoms with E-state index in [0.717, 1.165) is 28.8 Å². The van der Waals surface area contributed by atoms with Crippen molar-refractivity contribution in [3.63, 3.8) is 0 Å². The topological polar surface area (TPSA) is 20.3 Å². The lowest BCUT2D eigenvalue weighted by Gasteiger charge is -2.26. The van der Waals surface area contributed by atoms with Gasteiger partial charge in [0, 0.05) is 23.1 Å². The van der Waals surface area contributed by atoms with Crippen LogP contribution in [0.15, 0.2) is 22.7 Å². The summed E-state index contributed by atoms with van der Waals surface area (Å²) in [6.45, 7) is 10.1. The number of Topliss-reactive ketones (excluding diaryl/α,β-unsaturated/α-hetero) is 1. The monoisotopic (exact) mass is 297 g/mol. The summed E-state index contributed by atoms with van der Waals surface area (Å²) in [7, 11) is 0. The van der Waals surface area contributed by atoms with Gasteiger partial charge in [-0.1, -0.05) is 13.8 Å². The maximum absolute atomic E-state index is 11.3. The van der Waals surface area contributed by atoms with E-state index in [-0.39, 0.29) is 5.78 Å². The summed E-state index contributed by atoms with van der Waals surface area (Å²) in [5.74, 6) is 0.721. The summed E-state index contributed by atoms with van der Waals surface area (Å²) in [4.78, 5) is 13.6. The van der Waals surface area contributed by atoms with E-state index in [1.165, 1.54) is 0 Å². The molecule has 2 nitrogen and oxygen atoms in total. The van der Waals surface area contributed by atoms with Crippen molar-refractivity contribution in [2.24, 2.45) is 5.92 Å². The summed E-state index contributed by atoms with van der Waals surface area (Å²) < 4.78 is 0.993. The van der Waals surface area contributed by atoms with E-state index in [1.807, 2.05) is 18.2 Å². The van der Waals surface area contributed by atoms with Gasteiger partial charge in [0.2, 0.25) is 0 Å². The second-order valence-electron chi connectivity index (χ2n) is 4.65. The lowest BCUT2D eigenvalue weighted by Crippen LogP contribution is -2.27. The fourth-order valence-corrected chi connectivity index (χ4v) is 2.45. The third-order valence-electron chi connectivity index (χ3n) is 2.66. The predicted molar refractivity (Wildman–Crippen MR) is 76.9 cm³/mol. The smallest absolute Gasteiger partial charge is 0.159 e. The van der Waals surface area contributed by atoms with Crippen LogP contribution in [0.5, 0.6) is 0 Å². The molecule has 0 heterocycles. The highest BCUT2D eigenvalue weighted by Crippen LogP contribution is 2.28. The summed E-state index contributed by atoms with van der Waals surface area (Å²) in [6.07, 6.45) is 0. The molecule has 0 spiro atoms. The standard InChI is InChI=1S/C14H20BrNO/c1-5-16(9-10(2)3)14-7-6-12(11(4)17)8-13(14)15/h6-8,10H,5,9H2,1-4H3. The van der Waals surface area contributed by atoms with Crippen molar-refractivity contribution >= 4 is 27.4 Å². The van der Waals surface area contributed by atoms with E-state index in [4.69, 9.17) is 0 Å². The van der Waals surface area contributed by atoms with Crippen molar-refractivity contribution in [1.82, 2.24) is 0 Å². The molecule has 3 heteroatoms. The first-order valence-corrected chi connectivity index (χ1v) is 6.80. The molecule has 0 aliphatic carbocycles. The number of hydrogen-bond acceptors (Lipinski definition) is 2. The van der Waals surface area contributed by atoms with Crippen molar-refractivity contribution in [3.05, 3.63) is 28.2 Å². The molecule has 0 atom stereocenters. The summed E-state index contributed by atoms with van der Waals surface area (Å²) in [5.41, 5.74) is 1.91. The molecule has 1 rings (SSSR count). The molecule has 0 saturated heterocycles. The van der Waals surface area contributed by atoms with Gasteiger partial charge >= 0.3 is 0 Å². The summed E-state index contributed by atoms with van der Waals surface area (Å²) >= 11 is 3.55. The Morgan fingerprint density at radius 3 is 2.47 bits per heavy atom. The number of ketones is 1. The van der Waals surface area contributed by atoms with Gasteiger partial charge in [-0.15, -0.1) is 0 Å². The maximum atomic E-state index is 11.3. The van der Waals surface area contributed by atoms with Crippen molar-refractivity contribution in [1.29, 1.82) is 0 Å². The summed E-state index contributed by atoms with van der Waals surface area (Å²) in [5, 5.41) is 0. The van der Waals surface area contributed by atoms with Crippen LogP contribution in [0.4, 0.5) is 5.69 Å². The number of rotatable bonds is 5. The number of benzene rings is 1. The minimum atomic E-state index is 0.101. The Labute approximate surface area is 112 Å². The van der Waals surface area contributed by atoms with Crippen LogP contribution in [0.25, 0.3) is 0 Å². The SMILES string of the molecule is CCN(CC(C)C)c1ccc(C(C)=O)cc1Br. The largest absolute Gasteiger partial charge is 0.371 e. The molecule has 0 bridgehead atoms. The van der Waals surface area contributed by atoms with Crippen molar-refractivity contribution in [2.45, 2.75) is 27.7 Å². The van der Waals surface area contributed by atoms with Crippen molar-refractivity contribution in [3.8, 4) is 0 Å². The highest BCUT2D eigenvalue weighted by Gasteiger charge is 2.11. The van der Waals surface area contributed by atoms with Crippen molar-refractivity contribution in [2.75, 3.05) is 18.0 Å². The van der Waals surface area contributed by atoms with Gasteiger partial charge < -0.3 is 4.90 Å². The third-order valence-corrected chi connectivity index (χ3v) is 3.30. The van der Waals surface area contributed by atoms with Gasteiger partial charge in [0.25, 0.3) is 0 Å². The molecule has 94 valence electrons. The fraction of sp³-hybridized carbons (Fsp3) is 0.500. The molecule has 0 amide bonds. The Morgan fingerprint density at radius 2 is 2.06 bits per heavy atom. The van der Waals surface area contributed by atoms with Crippen LogP contribution in [-0.4, -0.2) is 18.9 Å². The van der Waals surface area contributed by atoms with Crippen LogP contribution in [0.3, 0.4) is 0 Å². The van der Waals surface area contributed by atoms with Gasteiger partial charge in [0.1, 0.15) is 0 Å². The van der Waals surface area contributed by atoms with Gasteiger partial charge in [0.15, 0.2) is 5.78 Å².